The van der Waals surface area contributed by atoms with Gasteiger partial charge in [-0.3, -0.25) is 0 Å². The normalized spacial score (nSPS) is 18.9. The molecule has 0 bridgehead atoms. The number of alkyl halides is 1. The van der Waals surface area contributed by atoms with Crippen molar-refractivity contribution in [1.82, 2.24) is 0 Å². The molecule has 1 aliphatic heterocycles. The molecule has 1 atom stereocenters. The Bertz CT molecular complexity index is 166. The van der Waals surface area contributed by atoms with E-state index in [0.717, 1.165) is 13.7 Å². The first kappa shape index (κ1) is 22.0. The fraction of sp³-hybridized carbons (Fsp3) is 1.00. The summed E-state index contributed by atoms with van der Waals surface area (Å²) in [7, 11) is 0.806. The van der Waals surface area contributed by atoms with E-state index in [4.69, 9.17) is 9.84 Å². The molecule has 0 aromatic carbocycles. The third-order valence-corrected chi connectivity index (χ3v) is 2.66. The standard InChI is InChI=1S/C5H9BrO.CH3O2S2.CH4O.Na/c6-5-3-1-2-4-7-5;1-3-5(2)4;1-2;/h5H,1-4H2;1H3;2H,1H3;/q;-1;;+1. The molecule has 0 aromatic heterocycles. The first-order valence-corrected chi connectivity index (χ1v) is 6.92. The van der Waals surface area contributed by atoms with Gasteiger partial charge >= 0.3 is 29.6 Å². The molecule has 0 amide bonds. The molecule has 0 aromatic rings. The molecular weight excluding hydrogens is 315 g/mol. The van der Waals surface area contributed by atoms with Crippen molar-refractivity contribution in [2.24, 2.45) is 0 Å². The quantitative estimate of drug-likeness (QED) is 0.360. The fourth-order valence-corrected chi connectivity index (χ4v) is 1.21. The second kappa shape index (κ2) is 18.1. The summed E-state index contributed by atoms with van der Waals surface area (Å²) < 4.78 is 18.7. The maximum Gasteiger partial charge on any atom is 1.00 e. The van der Waals surface area contributed by atoms with Gasteiger partial charge in [-0.05, 0) is 19.3 Å². The molecule has 4 nitrogen and oxygen atoms in total. The number of hydrogen-bond donors (Lipinski definition) is 1. The van der Waals surface area contributed by atoms with Crippen molar-refractivity contribution in [3.8, 4) is 0 Å². The fourth-order valence-electron chi connectivity index (χ4n) is 0.701. The first-order chi connectivity index (χ1) is 6.66. The van der Waals surface area contributed by atoms with E-state index in [0.29, 0.717) is 5.01 Å². The third-order valence-electron chi connectivity index (χ3n) is 1.26. The van der Waals surface area contributed by atoms with Gasteiger partial charge in [0.1, 0.15) is 5.01 Å². The van der Waals surface area contributed by atoms with Crippen molar-refractivity contribution in [3.63, 3.8) is 0 Å². The summed E-state index contributed by atoms with van der Waals surface area (Å²) >= 11 is 7.40. The summed E-state index contributed by atoms with van der Waals surface area (Å²) in [5, 5.41) is 7.35. The summed E-state index contributed by atoms with van der Waals surface area (Å²) in [5.74, 6) is 0. The zero-order valence-corrected chi connectivity index (χ0v) is 14.5. The van der Waals surface area contributed by atoms with E-state index in [9.17, 15) is 4.21 Å². The predicted octanol–water partition coefficient (Wildman–Crippen LogP) is -1.51. The van der Waals surface area contributed by atoms with Gasteiger partial charge < -0.3 is 18.2 Å². The van der Waals surface area contributed by atoms with Crippen LogP contribution in [0, 0.1) is 0 Å². The molecule has 0 radical (unpaired) electrons. The average molecular weight is 331 g/mol. The first-order valence-electron chi connectivity index (χ1n) is 4.01. The average Bonchev–Trinajstić information content (AvgIpc) is 2.23. The smallest absolute Gasteiger partial charge is 0.446 e. The Hall–Kier alpha value is 1.73. The monoisotopic (exact) mass is 330 g/mol. The summed E-state index contributed by atoms with van der Waals surface area (Å²) in [6, 6.07) is 0. The zero-order valence-electron chi connectivity index (χ0n) is 9.27. The number of aliphatic hydroxyl groups excluding tert-OH is 1. The van der Waals surface area contributed by atoms with Crippen LogP contribution in [-0.4, -0.2) is 30.9 Å². The van der Waals surface area contributed by atoms with E-state index in [1.807, 2.05) is 0 Å². The number of rotatable bonds is 1. The molecule has 15 heavy (non-hydrogen) atoms. The van der Waals surface area contributed by atoms with E-state index in [2.05, 4.69) is 31.3 Å². The van der Waals surface area contributed by atoms with Crippen LogP contribution >= 0.6 is 15.9 Å². The minimum Gasteiger partial charge on any atom is -0.446 e. The SMILES string of the molecule is BrC1CCCCO1.CO.CO[S-](=O)=S.[Na+]. The minimum atomic E-state index is -1.49. The van der Waals surface area contributed by atoms with Crippen molar-refractivity contribution < 1.29 is 47.8 Å². The number of aliphatic hydroxyl groups is 1. The summed E-state index contributed by atoms with van der Waals surface area (Å²) in [4.78, 5) is 0. The topological polar surface area (TPSA) is 55.8 Å². The van der Waals surface area contributed by atoms with Crippen LogP contribution in [0.5, 0.6) is 0 Å². The summed E-state index contributed by atoms with van der Waals surface area (Å²) in [6.45, 7) is 0.940. The van der Waals surface area contributed by atoms with Gasteiger partial charge in [-0.2, -0.15) is 0 Å². The van der Waals surface area contributed by atoms with E-state index >= 15 is 0 Å². The van der Waals surface area contributed by atoms with E-state index in [1.54, 1.807) is 0 Å². The van der Waals surface area contributed by atoms with Crippen LogP contribution in [0.1, 0.15) is 19.3 Å². The Morgan fingerprint density at radius 3 is 2.13 bits per heavy atom. The van der Waals surface area contributed by atoms with Gasteiger partial charge in [-0.25, -0.2) is 11.2 Å². The second-order valence-corrected chi connectivity index (χ2v) is 4.73. The van der Waals surface area contributed by atoms with Crippen molar-refractivity contribution >= 4 is 36.8 Å². The minimum absolute atomic E-state index is 0. The number of ether oxygens (including phenoxy) is 1. The molecule has 1 rings (SSSR count). The van der Waals surface area contributed by atoms with E-state index < -0.39 is 9.64 Å². The zero-order chi connectivity index (χ0) is 11.4. The Morgan fingerprint density at radius 2 is 2.00 bits per heavy atom. The third kappa shape index (κ3) is 21.6. The number of hydrogen-bond acceptors (Lipinski definition) is 6. The van der Waals surface area contributed by atoms with Gasteiger partial charge in [0.05, 0.1) is 0 Å². The second-order valence-electron chi connectivity index (χ2n) is 2.15. The van der Waals surface area contributed by atoms with Crippen LogP contribution in [0.15, 0.2) is 0 Å². The van der Waals surface area contributed by atoms with Crippen LogP contribution in [-0.2, 0) is 34.0 Å². The van der Waals surface area contributed by atoms with Crippen molar-refractivity contribution in [3.05, 3.63) is 0 Å². The van der Waals surface area contributed by atoms with E-state index in [-0.39, 0.29) is 29.6 Å². The Balaban J connectivity index is -0.000000162. The Morgan fingerprint density at radius 1 is 1.53 bits per heavy atom. The van der Waals surface area contributed by atoms with Gasteiger partial charge in [0, 0.05) is 20.8 Å². The van der Waals surface area contributed by atoms with Gasteiger partial charge in [0.15, 0.2) is 0 Å². The van der Waals surface area contributed by atoms with Crippen LogP contribution in [0.3, 0.4) is 0 Å². The number of halogens is 1. The predicted molar refractivity (Wildman–Crippen MR) is 63.1 cm³/mol. The van der Waals surface area contributed by atoms with Crippen molar-refractivity contribution in [2.45, 2.75) is 24.3 Å². The van der Waals surface area contributed by atoms with Gasteiger partial charge in [0.2, 0.25) is 0 Å². The van der Waals surface area contributed by atoms with Crippen LogP contribution in [0.4, 0.5) is 0 Å². The molecule has 1 heterocycles. The van der Waals surface area contributed by atoms with Crippen LogP contribution in [0.2, 0.25) is 0 Å². The molecule has 1 unspecified atom stereocenters. The molecule has 1 aliphatic rings. The van der Waals surface area contributed by atoms with Gasteiger partial charge in [-0.1, -0.05) is 25.6 Å². The van der Waals surface area contributed by atoms with Crippen molar-refractivity contribution in [1.29, 1.82) is 0 Å². The Kier molecular flexibility index (Phi) is 26.5. The van der Waals surface area contributed by atoms with Crippen LogP contribution < -0.4 is 29.6 Å². The Labute approximate surface area is 128 Å². The molecule has 0 spiro atoms. The van der Waals surface area contributed by atoms with Crippen LogP contribution in [0.25, 0.3) is 0 Å². The molecule has 1 N–H and O–H groups in total. The molecule has 8 heteroatoms. The van der Waals surface area contributed by atoms with E-state index in [1.165, 1.54) is 26.4 Å². The largest absolute Gasteiger partial charge is 1.00 e. The van der Waals surface area contributed by atoms with Gasteiger partial charge in [-0.15, -0.1) is 0 Å². The summed E-state index contributed by atoms with van der Waals surface area (Å²) in [5.41, 5.74) is 0. The molecule has 1 fully saturated rings. The molecule has 1 saturated heterocycles. The maximum atomic E-state index is 9.52. The van der Waals surface area contributed by atoms with Gasteiger partial charge in [0.25, 0.3) is 0 Å². The molecule has 0 saturated carbocycles. The summed E-state index contributed by atoms with van der Waals surface area (Å²) in [6.07, 6.45) is 3.73. The van der Waals surface area contributed by atoms with Crippen molar-refractivity contribution in [2.75, 3.05) is 20.8 Å². The molecular formula is C7H16BrNaO4S2. The maximum absolute atomic E-state index is 9.52. The molecule has 0 aliphatic carbocycles. The molecule has 88 valence electrons.